The monoisotopic (exact) mass is 650 g/mol. The summed E-state index contributed by atoms with van der Waals surface area (Å²) in [5.74, 6) is 0.729. The van der Waals surface area contributed by atoms with E-state index in [-0.39, 0.29) is 46.6 Å². The fourth-order valence-corrected chi connectivity index (χ4v) is 5.56. The van der Waals surface area contributed by atoms with E-state index in [1.807, 2.05) is 146 Å². The van der Waals surface area contributed by atoms with Crippen LogP contribution in [0.25, 0.3) is 45.3 Å². The highest BCUT2D eigenvalue weighted by Gasteiger charge is 2.16. The van der Waals surface area contributed by atoms with Crippen molar-refractivity contribution < 1.29 is 13.0 Å². The van der Waals surface area contributed by atoms with Gasteiger partial charge in [0, 0.05) is 33.8 Å². The number of aromatic nitrogens is 3. The lowest BCUT2D eigenvalue weighted by Gasteiger charge is -2.25. The van der Waals surface area contributed by atoms with Crippen molar-refractivity contribution in [3.8, 4) is 56.8 Å². The molecule has 0 spiro atoms. The van der Waals surface area contributed by atoms with Crippen molar-refractivity contribution >= 4 is 17.1 Å². The molecule has 0 unspecified atom stereocenters. The predicted octanol–water partition coefficient (Wildman–Crippen LogP) is 11.8. The van der Waals surface area contributed by atoms with Gasteiger partial charge in [0.1, 0.15) is 11.5 Å². The minimum absolute atomic E-state index is 0.0303. The molecule has 0 aliphatic rings. The van der Waals surface area contributed by atoms with Crippen LogP contribution in [-0.4, -0.2) is 15.0 Å². The topological polar surface area (TPSA) is 51.1 Å². The first-order chi connectivity index (χ1) is 27.3. The van der Waals surface area contributed by atoms with Gasteiger partial charge in [-0.25, -0.2) is 15.0 Å². The third-order valence-electron chi connectivity index (χ3n) is 7.91. The van der Waals surface area contributed by atoms with E-state index in [9.17, 15) is 2.74 Å². The van der Waals surface area contributed by atoms with Gasteiger partial charge in [-0.1, -0.05) is 127 Å². The lowest BCUT2D eigenvalue weighted by Crippen LogP contribution is -2.09. The molecule has 8 aromatic rings. The van der Waals surface area contributed by atoms with Gasteiger partial charge in [0.25, 0.3) is 0 Å². The molecule has 0 saturated heterocycles. The molecule has 0 saturated carbocycles. The molecule has 0 N–H and O–H groups in total. The molecule has 0 amide bonds. The Hall–Kier alpha value is -6.85. The zero-order valence-corrected chi connectivity index (χ0v) is 26.7. The van der Waals surface area contributed by atoms with Crippen LogP contribution in [0.2, 0.25) is 0 Å². The standard InChI is InChI=1S/C45H32N4O/c1-6-16-34(17-7-1)43-46-44(35-18-8-2-9-19-35)48-45(47-43)37-30-36(31-42(32-37)50-41-24-14-5-15-25-41)33-26-28-40(29-27-33)49(38-20-10-3-11-21-38)39-22-12-4-13-23-39/h1-32H/i5D,14D,15D,24D,30D,31D. The summed E-state index contributed by atoms with van der Waals surface area (Å²) in [6, 6.07) is 47.3. The van der Waals surface area contributed by atoms with E-state index >= 15 is 0 Å². The molecule has 0 aliphatic carbocycles. The Bertz CT molecular complexity index is 2570. The van der Waals surface area contributed by atoms with Gasteiger partial charge in [0.05, 0.1) is 8.22 Å². The molecule has 0 radical (unpaired) electrons. The number of hydrogen-bond acceptors (Lipinski definition) is 5. The summed E-state index contributed by atoms with van der Waals surface area (Å²) in [6.07, 6.45) is 0. The lowest BCUT2D eigenvalue weighted by molar-refractivity contribution is 0.483. The highest BCUT2D eigenvalue weighted by Crippen LogP contribution is 2.38. The van der Waals surface area contributed by atoms with Crippen LogP contribution in [0.4, 0.5) is 17.1 Å². The second kappa shape index (κ2) is 14.1. The third kappa shape index (κ3) is 6.75. The number of anilines is 3. The summed E-state index contributed by atoms with van der Waals surface area (Å²) in [5, 5.41) is 0. The maximum absolute atomic E-state index is 9.63. The second-order valence-corrected chi connectivity index (χ2v) is 11.3. The van der Waals surface area contributed by atoms with Gasteiger partial charge in [0.2, 0.25) is 0 Å². The summed E-state index contributed by atoms with van der Waals surface area (Å²) in [7, 11) is 0. The molecule has 0 fully saturated rings. The van der Waals surface area contributed by atoms with Crippen LogP contribution in [0.3, 0.4) is 0 Å². The maximum atomic E-state index is 9.63. The van der Waals surface area contributed by atoms with Crippen LogP contribution in [0, 0.1) is 0 Å². The fourth-order valence-electron chi connectivity index (χ4n) is 5.56. The highest BCUT2D eigenvalue weighted by atomic mass is 16.5. The van der Waals surface area contributed by atoms with Gasteiger partial charge in [-0.3, -0.25) is 0 Å². The van der Waals surface area contributed by atoms with Crippen molar-refractivity contribution in [3.63, 3.8) is 0 Å². The second-order valence-electron chi connectivity index (χ2n) is 11.3. The van der Waals surface area contributed by atoms with Crippen molar-refractivity contribution in [1.82, 2.24) is 15.0 Å². The Morgan fingerprint density at radius 3 is 1.46 bits per heavy atom. The van der Waals surface area contributed by atoms with Crippen LogP contribution in [-0.2, 0) is 0 Å². The molecule has 0 bridgehead atoms. The number of para-hydroxylation sites is 3. The van der Waals surface area contributed by atoms with Gasteiger partial charge in [-0.05, 0) is 77.8 Å². The number of ether oxygens (including phenoxy) is 1. The van der Waals surface area contributed by atoms with E-state index in [0.717, 1.165) is 28.2 Å². The predicted molar refractivity (Wildman–Crippen MR) is 203 cm³/mol. The highest BCUT2D eigenvalue weighted by molar-refractivity contribution is 5.80. The first-order valence-electron chi connectivity index (χ1n) is 19.0. The molecule has 5 nitrogen and oxygen atoms in total. The molecule has 5 heteroatoms. The van der Waals surface area contributed by atoms with Crippen molar-refractivity contribution in [2.45, 2.75) is 0 Å². The number of rotatable bonds is 9. The molecule has 238 valence electrons. The minimum atomic E-state index is -0.467. The lowest BCUT2D eigenvalue weighted by atomic mass is 10.0. The first kappa shape index (κ1) is 24.3. The van der Waals surface area contributed by atoms with Crippen molar-refractivity contribution in [2.75, 3.05) is 4.90 Å². The summed E-state index contributed by atoms with van der Waals surface area (Å²) in [5.41, 5.74) is 5.26. The SMILES string of the molecule is [2H]c1cc(Oc2cc(-c3nc(-c4ccccc4)nc(-c4ccccc4)n3)c([2H])c(-c3ccc(N(c4ccccc4)c4ccccc4)cc3)c2[2H])c([2H])c([2H])c1[2H]. The normalized spacial score (nSPS) is 12.5. The van der Waals surface area contributed by atoms with Gasteiger partial charge in [-0.15, -0.1) is 0 Å². The minimum Gasteiger partial charge on any atom is -0.457 e. The zero-order valence-electron chi connectivity index (χ0n) is 32.7. The Labute approximate surface area is 300 Å². The van der Waals surface area contributed by atoms with Crippen LogP contribution in [0.5, 0.6) is 11.5 Å². The van der Waals surface area contributed by atoms with Crippen LogP contribution in [0.15, 0.2) is 194 Å². The molecule has 8 rings (SSSR count). The molecule has 50 heavy (non-hydrogen) atoms. The molecule has 1 aromatic heterocycles. The third-order valence-corrected chi connectivity index (χ3v) is 7.91. The quantitative estimate of drug-likeness (QED) is 0.156. The summed E-state index contributed by atoms with van der Waals surface area (Å²) in [6.45, 7) is 0. The average molecular weight is 651 g/mol. The van der Waals surface area contributed by atoms with Crippen molar-refractivity contribution in [1.29, 1.82) is 0 Å². The van der Waals surface area contributed by atoms with Crippen molar-refractivity contribution in [2.24, 2.45) is 0 Å². The molecule has 0 aliphatic heterocycles. The van der Waals surface area contributed by atoms with E-state index in [2.05, 4.69) is 4.90 Å². The van der Waals surface area contributed by atoms with E-state index in [4.69, 9.17) is 25.2 Å². The largest absolute Gasteiger partial charge is 0.457 e. The Morgan fingerprint density at radius 1 is 0.400 bits per heavy atom. The Kier molecular flexibility index (Phi) is 6.86. The Balaban J connectivity index is 1.33. The van der Waals surface area contributed by atoms with Crippen LogP contribution < -0.4 is 9.64 Å². The van der Waals surface area contributed by atoms with Gasteiger partial charge < -0.3 is 9.64 Å². The Morgan fingerprint density at radius 2 is 0.900 bits per heavy atom. The molecule has 0 atom stereocenters. The maximum Gasteiger partial charge on any atom is 0.164 e. The van der Waals surface area contributed by atoms with Crippen LogP contribution >= 0.6 is 0 Å². The summed E-state index contributed by atoms with van der Waals surface area (Å²) >= 11 is 0. The average Bonchev–Trinajstić information content (AvgIpc) is 3.25. The van der Waals surface area contributed by atoms with Gasteiger partial charge in [-0.2, -0.15) is 0 Å². The molecule has 1 heterocycles. The molecular formula is C45H32N4O. The van der Waals surface area contributed by atoms with Crippen LogP contribution in [0.1, 0.15) is 8.22 Å². The van der Waals surface area contributed by atoms with E-state index in [1.165, 1.54) is 12.1 Å². The number of benzene rings is 7. The number of hydrogen-bond donors (Lipinski definition) is 0. The smallest absolute Gasteiger partial charge is 0.164 e. The fraction of sp³-hybridized carbons (Fsp3) is 0. The van der Waals surface area contributed by atoms with E-state index < -0.39 is 18.1 Å². The zero-order chi connectivity index (χ0) is 38.8. The van der Waals surface area contributed by atoms with E-state index in [0.29, 0.717) is 17.2 Å². The summed E-state index contributed by atoms with van der Waals surface area (Å²) < 4.78 is 58.2. The first-order valence-corrected chi connectivity index (χ1v) is 16.0. The molecule has 7 aromatic carbocycles. The van der Waals surface area contributed by atoms with E-state index in [1.54, 1.807) is 0 Å². The van der Waals surface area contributed by atoms with Crippen molar-refractivity contribution in [3.05, 3.63) is 194 Å². The molecular weight excluding hydrogens is 613 g/mol. The van der Waals surface area contributed by atoms with Gasteiger partial charge >= 0.3 is 0 Å². The van der Waals surface area contributed by atoms with Gasteiger partial charge in [0.15, 0.2) is 17.5 Å². The number of nitrogens with zero attached hydrogens (tertiary/aromatic N) is 4. The summed E-state index contributed by atoms with van der Waals surface area (Å²) in [4.78, 5) is 16.6.